The van der Waals surface area contributed by atoms with Gasteiger partial charge in [0.25, 0.3) is 0 Å². The predicted octanol–water partition coefficient (Wildman–Crippen LogP) is 3.55. The third-order valence-corrected chi connectivity index (χ3v) is 5.56. The lowest BCUT2D eigenvalue weighted by Gasteiger charge is -2.23. The number of hydrogen-bond donors (Lipinski definition) is 1. The van der Waals surface area contributed by atoms with E-state index in [1.165, 1.54) is 0 Å². The zero-order valence-corrected chi connectivity index (χ0v) is 16.9. The van der Waals surface area contributed by atoms with Gasteiger partial charge in [0.2, 0.25) is 0 Å². The van der Waals surface area contributed by atoms with Gasteiger partial charge in [-0.2, -0.15) is 0 Å². The highest BCUT2D eigenvalue weighted by Crippen LogP contribution is 2.31. The fraction of sp³-hybridized carbons (Fsp3) is 0.391. The van der Waals surface area contributed by atoms with Crippen LogP contribution in [0.4, 0.5) is 0 Å². The summed E-state index contributed by atoms with van der Waals surface area (Å²) < 4.78 is 18.4. The summed E-state index contributed by atoms with van der Waals surface area (Å²) in [5.41, 5.74) is 2.13. The Labute approximate surface area is 173 Å². The first-order valence-corrected chi connectivity index (χ1v) is 10.2. The molecule has 0 aliphatic carbocycles. The van der Waals surface area contributed by atoms with Crippen LogP contribution in [0.2, 0.25) is 0 Å². The minimum atomic E-state index is -1.14. The molecule has 1 unspecified atom stereocenters. The molecule has 1 saturated heterocycles. The lowest BCUT2D eigenvalue weighted by Crippen LogP contribution is -2.40. The van der Waals surface area contributed by atoms with E-state index in [0.29, 0.717) is 50.4 Å². The van der Waals surface area contributed by atoms with Crippen molar-refractivity contribution >= 4 is 17.1 Å². The number of nitrogens with zero attached hydrogens (tertiary/aromatic N) is 1. The molecule has 1 aromatic heterocycles. The summed E-state index contributed by atoms with van der Waals surface area (Å²) in [5, 5.41) is 9.58. The number of para-hydroxylation sites is 1. The summed E-state index contributed by atoms with van der Waals surface area (Å²) in [6.07, 6.45) is 2.22. The topological polar surface area (TPSA) is 90.9 Å². The van der Waals surface area contributed by atoms with Crippen molar-refractivity contribution in [2.24, 2.45) is 0 Å². The molecule has 1 aliphatic heterocycles. The molecule has 0 radical (unpaired) electrons. The van der Waals surface area contributed by atoms with Crippen LogP contribution < -0.4 is 10.5 Å². The van der Waals surface area contributed by atoms with Crippen LogP contribution in [0.3, 0.4) is 0 Å². The summed E-state index contributed by atoms with van der Waals surface area (Å²) in [4.78, 5) is 23.8. The monoisotopic (exact) mass is 411 g/mol. The molecule has 0 amide bonds. The maximum Gasteiger partial charge on any atom is 0.419 e. The number of carbonyl (C=O) groups is 1. The van der Waals surface area contributed by atoms with Crippen molar-refractivity contribution in [3.8, 4) is 5.75 Å². The van der Waals surface area contributed by atoms with Crippen molar-refractivity contribution < 1.29 is 23.8 Å². The van der Waals surface area contributed by atoms with Crippen molar-refractivity contribution in [1.29, 1.82) is 0 Å². The molecule has 1 aliphatic rings. The number of fused-ring (bicyclic) bond motifs is 1. The van der Waals surface area contributed by atoms with Crippen molar-refractivity contribution in [3.63, 3.8) is 0 Å². The maximum absolute atomic E-state index is 12.1. The maximum atomic E-state index is 12.1. The third kappa shape index (κ3) is 3.98. The lowest BCUT2D eigenvalue weighted by atomic mass is 9.91. The Morgan fingerprint density at radius 3 is 2.87 bits per heavy atom. The lowest BCUT2D eigenvalue weighted by molar-refractivity contribution is -0.159. The Bertz CT molecular complexity index is 1110. The quantitative estimate of drug-likeness (QED) is 0.570. The Morgan fingerprint density at radius 1 is 1.27 bits per heavy atom. The van der Waals surface area contributed by atoms with Crippen molar-refractivity contribution in [3.05, 3.63) is 64.1 Å². The average Bonchev–Trinajstić information content (AvgIpc) is 3.31. The zero-order chi connectivity index (χ0) is 21.1. The van der Waals surface area contributed by atoms with Gasteiger partial charge >= 0.3 is 11.7 Å². The molecule has 1 fully saturated rings. The van der Waals surface area contributed by atoms with Gasteiger partial charge in [0.15, 0.2) is 11.2 Å². The van der Waals surface area contributed by atoms with Crippen molar-refractivity contribution in [1.82, 2.24) is 4.57 Å². The molecule has 1 atom stereocenters. The largest absolute Gasteiger partial charge is 0.494 e. The van der Waals surface area contributed by atoms with E-state index in [9.17, 15) is 14.7 Å². The standard InChI is InChI=1S/C23H25NO6/c1-16-6-2-9-19-20(16)24(22(27)30-19)11-5-12-28-18-8-3-7-17(14-18)15-23(21(25)26)10-4-13-29-23/h2-3,6-9,14H,4-5,10-13,15H2,1H3,(H,25,26). The molecule has 0 spiro atoms. The van der Waals surface area contributed by atoms with Gasteiger partial charge in [-0.1, -0.05) is 24.3 Å². The number of rotatable bonds is 8. The van der Waals surface area contributed by atoms with Gasteiger partial charge in [-0.15, -0.1) is 0 Å². The number of aliphatic carboxylic acids is 1. The molecule has 3 aromatic rings. The number of carboxylic acids is 1. The molecular formula is C23H25NO6. The van der Waals surface area contributed by atoms with E-state index < -0.39 is 11.6 Å². The molecule has 0 bridgehead atoms. The molecule has 4 rings (SSSR count). The Morgan fingerprint density at radius 2 is 2.10 bits per heavy atom. The normalized spacial score (nSPS) is 18.7. The highest BCUT2D eigenvalue weighted by molar-refractivity contribution is 5.78. The first-order chi connectivity index (χ1) is 14.5. The fourth-order valence-electron chi connectivity index (χ4n) is 4.07. The van der Waals surface area contributed by atoms with Gasteiger partial charge in [0.05, 0.1) is 12.1 Å². The second kappa shape index (κ2) is 8.36. The average molecular weight is 411 g/mol. The van der Waals surface area contributed by atoms with E-state index in [-0.39, 0.29) is 5.76 Å². The number of benzene rings is 2. The van der Waals surface area contributed by atoms with E-state index in [1.54, 1.807) is 10.6 Å². The number of oxazole rings is 1. The van der Waals surface area contributed by atoms with Gasteiger partial charge in [-0.3, -0.25) is 4.57 Å². The number of ether oxygens (including phenoxy) is 2. The predicted molar refractivity (Wildman–Crippen MR) is 111 cm³/mol. The molecule has 2 heterocycles. The zero-order valence-electron chi connectivity index (χ0n) is 16.9. The summed E-state index contributed by atoms with van der Waals surface area (Å²) >= 11 is 0. The molecule has 7 heteroatoms. The van der Waals surface area contributed by atoms with Crippen LogP contribution in [-0.2, 0) is 22.5 Å². The number of aryl methyl sites for hydroxylation is 2. The second-order valence-electron chi connectivity index (χ2n) is 7.72. The number of hydrogen-bond acceptors (Lipinski definition) is 5. The molecule has 0 saturated carbocycles. The van der Waals surface area contributed by atoms with Crippen LogP contribution in [-0.4, -0.2) is 34.5 Å². The smallest absolute Gasteiger partial charge is 0.419 e. The first kappa shape index (κ1) is 20.2. The molecule has 7 nitrogen and oxygen atoms in total. The summed E-state index contributed by atoms with van der Waals surface area (Å²) in [6.45, 7) is 3.35. The van der Waals surface area contributed by atoms with Crippen LogP contribution in [0.15, 0.2) is 51.7 Å². The highest BCUT2D eigenvalue weighted by atomic mass is 16.5. The third-order valence-electron chi connectivity index (χ3n) is 5.56. The van der Waals surface area contributed by atoms with Crippen molar-refractivity contribution in [2.45, 2.75) is 44.8 Å². The van der Waals surface area contributed by atoms with Gasteiger partial charge in [0, 0.05) is 19.6 Å². The van der Waals surface area contributed by atoms with Crippen LogP contribution in [0.25, 0.3) is 11.1 Å². The van der Waals surface area contributed by atoms with Crippen LogP contribution in [0.1, 0.15) is 30.4 Å². The molecule has 2 aromatic carbocycles. The molecule has 30 heavy (non-hydrogen) atoms. The van der Waals surface area contributed by atoms with E-state index >= 15 is 0 Å². The summed E-state index contributed by atoms with van der Waals surface area (Å²) in [6, 6.07) is 13.1. The Balaban J connectivity index is 1.37. The van der Waals surface area contributed by atoms with Gasteiger partial charge < -0.3 is 19.0 Å². The van der Waals surface area contributed by atoms with E-state index in [2.05, 4.69) is 0 Å². The second-order valence-corrected chi connectivity index (χ2v) is 7.72. The van der Waals surface area contributed by atoms with Crippen LogP contribution in [0, 0.1) is 6.92 Å². The minimum absolute atomic E-state index is 0.315. The molecular weight excluding hydrogens is 386 g/mol. The highest BCUT2D eigenvalue weighted by Gasteiger charge is 2.42. The van der Waals surface area contributed by atoms with Gasteiger partial charge in [-0.05, 0) is 55.5 Å². The van der Waals surface area contributed by atoms with E-state index in [4.69, 9.17) is 13.9 Å². The van der Waals surface area contributed by atoms with E-state index in [1.807, 2.05) is 43.3 Å². The fourth-order valence-corrected chi connectivity index (χ4v) is 4.07. The molecule has 158 valence electrons. The first-order valence-electron chi connectivity index (χ1n) is 10.2. The van der Waals surface area contributed by atoms with Crippen LogP contribution >= 0.6 is 0 Å². The molecule has 1 N–H and O–H groups in total. The Kier molecular flexibility index (Phi) is 5.63. The van der Waals surface area contributed by atoms with Gasteiger partial charge in [-0.25, -0.2) is 9.59 Å². The van der Waals surface area contributed by atoms with E-state index in [0.717, 1.165) is 23.1 Å². The van der Waals surface area contributed by atoms with Crippen molar-refractivity contribution in [2.75, 3.05) is 13.2 Å². The summed E-state index contributed by atoms with van der Waals surface area (Å²) in [5.74, 6) is -0.608. The number of carboxylic acid groups (broad SMARTS) is 1. The number of aromatic nitrogens is 1. The summed E-state index contributed by atoms with van der Waals surface area (Å²) in [7, 11) is 0. The Hall–Kier alpha value is -3.06. The van der Waals surface area contributed by atoms with Gasteiger partial charge in [0.1, 0.15) is 5.75 Å². The van der Waals surface area contributed by atoms with Crippen LogP contribution in [0.5, 0.6) is 5.75 Å². The minimum Gasteiger partial charge on any atom is -0.494 e. The SMILES string of the molecule is Cc1cccc2oc(=O)n(CCCOc3cccc(CC4(C(=O)O)CCCO4)c3)c12.